The van der Waals surface area contributed by atoms with E-state index in [1.807, 2.05) is 0 Å². The van der Waals surface area contributed by atoms with Gasteiger partial charge < -0.3 is 4.52 Å². The zero-order valence-corrected chi connectivity index (χ0v) is 7.16. The minimum Gasteiger partial charge on any atom is -0.348 e. The molecule has 0 spiro atoms. The van der Waals surface area contributed by atoms with Gasteiger partial charge in [0.2, 0.25) is 5.76 Å². The van der Waals surface area contributed by atoms with E-state index < -0.39 is 0 Å². The smallest absolute Gasteiger partial charge is 0.209 e. The molecule has 0 bridgehead atoms. The third-order valence-electron chi connectivity index (χ3n) is 1.83. The Morgan fingerprint density at radius 1 is 1.54 bits per heavy atom. The van der Waals surface area contributed by atoms with Crippen molar-refractivity contribution >= 4 is 0 Å². The van der Waals surface area contributed by atoms with Gasteiger partial charge in [-0.15, -0.1) is 0 Å². The minimum atomic E-state index is 0.245. The van der Waals surface area contributed by atoms with Crippen LogP contribution in [0.5, 0.6) is 0 Å². The molecule has 2 heterocycles. The van der Waals surface area contributed by atoms with Crippen LogP contribution in [0, 0.1) is 11.8 Å². The van der Waals surface area contributed by atoms with Gasteiger partial charge in [0.25, 0.3) is 0 Å². The maximum Gasteiger partial charge on any atom is 0.209 e. The van der Waals surface area contributed by atoms with E-state index in [1.165, 1.54) is 0 Å². The molecular formula is C10H10N2O. The van der Waals surface area contributed by atoms with Crippen molar-refractivity contribution in [3.05, 3.63) is 30.2 Å². The number of nitrogens with one attached hydrogen (secondary N) is 1. The summed E-state index contributed by atoms with van der Waals surface area (Å²) in [6.45, 7) is 0.899. The Bertz CT molecular complexity index is 343. The van der Waals surface area contributed by atoms with Gasteiger partial charge in [-0.1, -0.05) is 23.2 Å². The van der Waals surface area contributed by atoms with Crippen LogP contribution >= 0.6 is 0 Å². The standard InChI is InChI=1S/C10H10N2O/c1-2-7-11-9(3-1)4-5-10-6-8-12-13-10/h1-2,6,8-9,11H,3,7H2. The first-order chi connectivity index (χ1) is 6.45. The van der Waals surface area contributed by atoms with Crippen LogP contribution in [0.2, 0.25) is 0 Å². The van der Waals surface area contributed by atoms with Crippen molar-refractivity contribution in [1.82, 2.24) is 10.5 Å². The predicted octanol–water partition coefficient (Wildman–Crippen LogP) is 0.944. The third kappa shape index (κ3) is 2.20. The number of nitrogens with zero attached hydrogens (tertiary/aromatic N) is 1. The van der Waals surface area contributed by atoms with Crippen molar-refractivity contribution in [2.45, 2.75) is 12.5 Å². The second-order valence-electron chi connectivity index (χ2n) is 2.81. The Kier molecular flexibility index (Phi) is 2.44. The fourth-order valence-electron chi connectivity index (χ4n) is 1.16. The van der Waals surface area contributed by atoms with E-state index >= 15 is 0 Å². The molecule has 1 aliphatic heterocycles. The van der Waals surface area contributed by atoms with Gasteiger partial charge in [0.1, 0.15) is 0 Å². The first kappa shape index (κ1) is 8.09. The molecule has 66 valence electrons. The number of hydrogen-bond acceptors (Lipinski definition) is 3. The average molecular weight is 174 g/mol. The lowest BCUT2D eigenvalue weighted by Crippen LogP contribution is -2.29. The van der Waals surface area contributed by atoms with Gasteiger partial charge in [-0.3, -0.25) is 5.32 Å². The first-order valence-corrected chi connectivity index (χ1v) is 4.26. The van der Waals surface area contributed by atoms with Crippen LogP contribution in [0.3, 0.4) is 0 Å². The Labute approximate surface area is 76.8 Å². The quantitative estimate of drug-likeness (QED) is 0.470. The molecule has 3 heteroatoms. The van der Waals surface area contributed by atoms with Crippen molar-refractivity contribution in [2.24, 2.45) is 0 Å². The van der Waals surface area contributed by atoms with Crippen LogP contribution < -0.4 is 5.32 Å². The van der Waals surface area contributed by atoms with Gasteiger partial charge in [0, 0.05) is 12.6 Å². The normalized spacial score (nSPS) is 20.8. The van der Waals surface area contributed by atoms with Gasteiger partial charge in [0.15, 0.2) is 0 Å². The molecule has 1 unspecified atom stereocenters. The summed E-state index contributed by atoms with van der Waals surface area (Å²) < 4.78 is 4.86. The summed E-state index contributed by atoms with van der Waals surface area (Å²) in [5.41, 5.74) is 0. The van der Waals surface area contributed by atoms with Crippen LogP contribution in [0.15, 0.2) is 28.9 Å². The largest absolute Gasteiger partial charge is 0.348 e. The maximum atomic E-state index is 4.86. The van der Waals surface area contributed by atoms with Crippen LogP contribution in [-0.2, 0) is 0 Å². The van der Waals surface area contributed by atoms with Gasteiger partial charge in [-0.2, -0.15) is 0 Å². The Morgan fingerprint density at radius 2 is 2.54 bits per heavy atom. The lowest BCUT2D eigenvalue weighted by atomic mass is 10.1. The lowest BCUT2D eigenvalue weighted by Gasteiger charge is -2.12. The summed E-state index contributed by atoms with van der Waals surface area (Å²) in [4.78, 5) is 0. The zero-order valence-electron chi connectivity index (χ0n) is 7.16. The van der Waals surface area contributed by atoms with Crippen LogP contribution in [0.4, 0.5) is 0 Å². The van der Waals surface area contributed by atoms with Gasteiger partial charge in [-0.05, 0) is 12.3 Å². The maximum absolute atomic E-state index is 4.86. The number of aromatic nitrogens is 1. The molecule has 0 amide bonds. The second kappa shape index (κ2) is 3.92. The highest BCUT2D eigenvalue weighted by Gasteiger charge is 2.03. The second-order valence-corrected chi connectivity index (χ2v) is 2.81. The summed E-state index contributed by atoms with van der Waals surface area (Å²) in [6.07, 6.45) is 6.79. The molecule has 0 radical (unpaired) electrons. The third-order valence-corrected chi connectivity index (χ3v) is 1.83. The Morgan fingerprint density at radius 3 is 3.23 bits per heavy atom. The van der Waals surface area contributed by atoms with E-state index in [0.717, 1.165) is 13.0 Å². The molecule has 1 N–H and O–H groups in total. The summed E-state index contributed by atoms with van der Waals surface area (Å²) in [5, 5.41) is 6.83. The van der Waals surface area contributed by atoms with Crippen molar-refractivity contribution in [2.75, 3.05) is 6.54 Å². The van der Waals surface area contributed by atoms with E-state index in [9.17, 15) is 0 Å². The Balaban J connectivity index is 2.00. The molecule has 1 aromatic rings. The topological polar surface area (TPSA) is 38.1 Å². The predicted molar refractivity (Wildman–Crippen MR) is 48.9 cm³/mol. The van der Waals surface area contributed by atoms with Crippen molar-refractivity contribution in [3.63, 3.8) is 0 Å². The number of hydrogen-bond donors (Lipinski definition) is 1. The van der Waals surface area contributed by atoms with Crippen molar-refractivity contribution in [3.8, 4) is 11.8 Å². The summed E-state index contributed by atoms with van der Waals surface area (Å²) >= 11 is 0. The van der Waals surface area contributed by atoms with Crippen molar-refractivity contribution in [1.29, 1.82) is 0 Å². The van der Waals surface area contributed by atoms with Crippen LogP contribution in [-0.4, -0.2) is 17.7 Å². The molecule has 0 fully saturated rings. The summed E-state index contributed by atoms with van der Waals surface area (Å²) in [6, 6.07) is 2.00. The molecule has 0 aromatic carbocycles. The zero-order chi connectivity index (χ0) is 8.93. The molecule has 1 aliphatic rings. The minimum absolute atomic E-state index is 0.245. The molecule has 0 saturated carbocycles. The highest BCUT2D eigenvalue weighted by molar-refractivity contribution is 5.26. The van der Waals surface area contributed by atoms with Gasteiger partial charge in [-0.25, -0.2) is 0 Å². The van der Waals surface area contributed by atoms with Gasteiger partial charge in [0.05, 0.1) is 12.2 Å². The van der Waals surface area contributed by atoms with Crippen LogP contribution in [0.1, 0.15) is 12.2 Å². The molecule has 0 saturated heterocycles. The molecular weight excluding hydrogens is 164 g/mol. The van der Waals surface area contributed by atoms with E-state index in [0.29, 0.717) is 5.76 Å². The first-order valence-electron chi connectivity index (χ1n) is 4.26. The molecule has 1 aromatic heterocycles. The van der Waals surface area contributed by atoms with Crippen molar-refractivity contribution < 1.29 is 4.52 Å². The van der Waals surface area contributed by atoms with E-state index in [4.69, 9.17) is 4.52 Å². The lowest BCUT2D eigenvalue weighted by molar-refractivity contribution is 0.411. The number of rotatable bonds is 0. The monoisotopic (exact) mass is 174 g/mol. The molecule has 2 rings (SSSR count). The highest BCUT2D eigenvalue weighted by Crippen LogP contribution is 1.99. The average Bonchev–Trinajstić information content (AvgIpc) is 2.69. The fraction of sp³-hybridized carbons (Fsp3) is 0.300. The Hall–Kier alpha value is -1.53. The molecule has 13 heavy (non-hydrogen) atoms. The highest BCUT2D eigenvalue weighted by atomic mass is 16.5. The molecule has 0 aliphatic carbocycles. The summed E-state index contributed by atoms with van der Waals surface area (Å²) in [7, 11) is 0. The van der Waals surface area contributed by atoms with E-state index in [1.54, 1.807) is 12.3 Å². The SMILES string of the molecule is C(#CC1CC=CCN1)c1ccno1. The molecule has 1 atom stereocenters. The van der Waals surface area contributed by atoms with E-state index in [-0.39, 0.29) is 6.04 Å². The van der Waals surface area contributed by atoms with Gasteiger partial charge >= 0.3 is 0 Å². The van der Waals surface area contributed by atoms with E-state index in [2.05, 4.69) is 34.5 Å². The van der Waals surface area contributed by atoms with Crippen LogP contribution in [0.25, 0.3) is 0 Å². The fourth-order valence-corrected chi connectivity index (χ4v) is 1.16. The summed E-state index contributed by atoms with van der Waals surface area (Å²) in [5.74, 6) is 6.62. The molecule has 3 nitrogen and oxygen atoms in total.